The van der Waals surface area contributed by atoms with E-state index in [0.29, 0.717) is 5.56 Å². The number of amides is 1. The molecule has 10 nitrogen and oxygen atoms in total. The van der Waals surface area contributed by atoms with Gasteiger partial charge < -0.3 is 10.3 Å². The summed E-state index contributed by atoms with van der Waals surface area (Å²) in [5.74, 6) is -1.12. The van der Waals surface area contributed by atoms with Crippen LogP contribution in [-0.2, 0) is 36.7 Å². The zero-order valence-corrected chi connectivity index (χ0v) is 15.6. The van der Waals surface area contributed by atoms with E-state index in [0.717, 1.165) is 13.7 Å². The fourth-order valence-electron chi connectivity index (χ4n) is 2.87. The van der Waals surface area contributed by atoms with Gasteiger partial charge in [-0.05, 0) is 17.7 Å². The molecule has 0 aliphatic carbocycles. The van der Waals surface area contributed by atoms with Crippen molar-refractivity contribution in [3.05, 3.63) is 56.2 Å². The zero-order chi connectivity index (χ0) is 20.1. The second-order valence-electron chi connectivity index (χ2n) is 6.16. The van der Waals surface area contributed by atoms with Crippen LogP contribution in [0.15, 0.2) is 39.0 Å². The van der Waals surface area contributed by atoms with Gasteiger partial charge in [-0.3, -0.25) is 18.7 Å². The monoisotopic (exact) mass is 391 g/mol. The molecule has 0 bridgehead atoms. The highest BCUT2D eigenvalue weighted by Crippen LogP contribution is 2.19. The van der Waals surface area contributed by atoms with Gasteiger partial charge in [0, 0.05) is 26.7 Å². The third kappa shape index (κ3) is 2.95. The molecular weight excluding hydrogens is 374 g/mol. The molecule has 3 aromatic rings. The SMILES string of the molecule is Cn1c(=O)c2c(nc(S(=O)(=O)Cc3cccc(C(N)=O)c3)n2C)n(C)c1=O. The van der Waals surface area contributed by atoms with E-state index in [9.17, 15) is 22.8 Å². The van der Waals surface area contributed by atoms with Gasteiger partial charge in [0.1, 0.15) is 0 Å². The van der Waals surface area contributed by atoms with Crippen molar-refractivity contribution in [3.63, 3.8) is 0 Å². The number of fused-ring (bicyclic) bond motifs is 1. The Bertz CT molecular complexity index is 1310. The van der Waals surface area contributed by atoms with Crippen molar-refractivity contribution in [2.45, 2.75) is 10.9 Å². The maximum Gasteiger partial charge on any atom is 0.332 e. The molecule has 1 amide bonds. The first-order chi connectivity index (χ1) is 12.5. The highest BCUT2D eigenvalue weighted by molar-refractivity contribution is 7.90. The molecule has 0 fully saturated rings. The van der Waals surface area contributed by atoms with E-state index < -0.39 is 32.7 Å². The van der Waals surface area contributed by atoms with Crippen molar-refractivity contribution in [2.24, 2.45) is 26.9 Å². The predicted octanol–water partition coefficient (Wildman–Crippen LogP) is -0.956. The Balaban J connectivity index is 2.19. The van der Waals surface area contributed by atoms with E-state index in [2.05, 4.69) is 4.98 Å². The zero-order valence-electron chi connectivity index (χ0n) is 14.8. The molecule has 0 spiro atoms. The molecule has 3 rings (SSSR count). The maximum absolute atomic E-state index is 12.9. The summed E-state index contributed by atoms with van der Waals surface area (Å²) in [4.78, 5) is 39.8. The normalized spacial score (nSPS) is 11.8. The van der Waals surface area contributed by atoms with E-state index in [4.69, 9.17) is 5.73 Å². The minimum absolute atomic E-state index is 0.00376. The van der Waals surface area contributed by atoms with Gasteiger partial charge in [0.2, 0.25) is 20.9 Å². The summed E-state index contributed by atoms with van der Waals surface area (Å²) < 4.78 is 28.9. The number of carbonyl (C=O) groups is 1. The lowest BCUT2D eigenvalue weighted by Crippen LogP contribution is -2.37. The van der Waals surface area contributed by atoms with Gasteiger partial charge in [-0.1, -0.05) is 12.1 Å². The number of primary amides is 1. The lowest BCUT2D eigenvalue weighted by atomic mass is 10.1. The number of carbonyl (C=O) groups excluding carboxylic acids is 1. The number of hydrogen-bond acceptors (Lipinski definition) is 6. The predicted molar refractivity (Wildman–Crippen MR) is 97.0 cm³/mol. The van der Waals surface area contributed by atoms with Crippen molar-refractivity contribution < 1.29 is 13.2 Å². The summed E-state index contributed by atoms with van der Waals surface area (Å²) in [7, 11) is 0.138. The molecule has 27 heavy (non-hydrogen) atoms. The largest absolute Gasteiger partial charge is 0.366 e. The van der Waals surface area contributed by atoms with Crippen molar-refractivity contribution >= 4 is 26.9 Å². The van der Waals surface area contributed by atoms with Crippen LogP contribution in [0.4, 0.5) is 0 Å². The third-order valence-electron chi connectivity index (χ3n) is 4.28. The Morgan fingerprint density at radius 3 is 2.41 bits per heavy atom. The molecule has 0 aliphatic rings. The average Bonchev–Trinajstić information content (AvgIpc) is 2.96. The maximum atomic E-state index is 12.9. The molecule has 1 aromatic carbocycles. The van der Waals surface area contributed by atoms with E-state index >= 15 is 0 Å². The summed E-state index contributed by atoms with van der Waals surface area (Å²) in [6.45, 7) is 0. The molecule has 0 unspecified atom stereocenters. The van der Waals surface area contributed by atoms with Gasteiger partial charge in [-0.25, -0.2) is 13.2 Å². The first-order valence-corrected chi connectivity index (χ1v) is 9.43. The number of imidazole rings is 1. The molecule has 0 saturated heterocycles. The summed E-state index contributed by atoms with van der Waals surface area (Å²) >= 11 is 0. The van der Waals surface area contributed by atoms with Gasteiger partial charge in [-0.2, -0.15) is 4.98 Å². The average molecular weight is 391 g/mol. The summed E-state index contributed by atoms with van der Waals surface area (Å²) in [5.41, 5.74) is 4.49. The molecular formula is C16H17N5O5S. The van der Waals surface area contributed by atoms with Gasteiger partial charge in [-0.15, -0.1) is 0 Å². The minimum atomic E-state index is -3.97. The van der Waals surface area contributed by atoms with Crippen LogP contribution < -0.4 is 17.0 Å². The first kappa shape index (κ1) is 18.6. The van der Waals surface area contributed by atoms with Crippen molar-refractivity contribution in [2.75, 3.05) is 0 Å². The number of rotatable bonds is 4. The quantitative estimate of drug-likeness (QED) is 0.608. The molecule has 0 atom stereocenters. The Kier molecular flexibility index (Phi) is 4.26. The number of nitrogens with zero attached hydrogens (tertiary/aromatic N) is 4. The summed E-state index contributed by atoms with van der Waals surface area (Å²) in [5, 5.41) is -0.347. The van der Waals surface area contributed by atoms with Crippen LogP contribution in [-0.4, -0.2) is 33.0 Å². The molecule has 2 aromatic heterocycles. The number of nitrogens with two attached hydrogens (primary N) is 1. The van der Waals surface area contributed by atoms with Crippen LogP contribution in [0, 0.1) is 0 Å². The van der Waals surface area contributed by atoms with E-state index in [-0.39, 0.29) is 21.9 Å². The van der Waals surface area contributed by atoms with Crippen molar-refractivity contribution in [1.29, 1.82) is 0 Å². The van der Waals surface area contributed by atoms with E-state index in [1.807, 2.05) is 0 Å². The van der Waals surface area contributed by atoms with Gasteiger partial charge in [0.25, 0.3) is 5.56 Å². The molecule has 142 valence electrons. The second-order valence-corrected chi connectivity index (χ2v) is 8.04. The summed E-state index contributed by atoms with van der Waals surface area (Å²) in [6, 6.07) is 5.94. The number of aryl methyl sites for hydroxylation is 2. The first-order valence-electron chi connectivity index (χ1n) is 7.78. The highest BCUT2D eigenvalue weighted by atomic mass is 32.2. The lowest BCUT2D eigenvalue weighted by molar-refractivity contribution is 0.1000. The Morgan fingerprint density at radius 2 is 1.78 bits per heavy atom. The third-order valence-corrected chi connectivity index (χ3v) is 5.92. The van der Waals surface area contributed by atoms with Gasteiger partial charge >= 0.3 is 5.69 Å². The van der Waals surface area contributed by atoms with E-state index in [1.54, 1.807) is 6.07 Å². The highest BCUT2D eigenvalue weighted by Gasteiger charge is 2.26. The number of sulfone groups is 1. The summed E-state index contributed by atoms with van der Waals surface area (Å²) in [6.07, 6.45) is 0. The number of benzene rings is 1. The van der Waals surface area contributed by atoms with Crippen LogP contribution >= 0.6 is 0 Å². The van der Waals surface area contributed by atoms with Crippen LogP contribution in [0.5, 0.6) is 0 Å². The second kappa shape index (κ2) is 6.20. The standard InChI is InChI=1S/C16H17N5O5S/c1-19-11-13(20(2)16(24)21(3)14(11)23)18-15(19)27(25,26)8-9-5-4-6-10(7-9)12(17)22/h4-7H,8H2,1-3H3,(H2,17,22). The molecule has 11 heteroatoms. The Morgan fingerprint density at radius 1 is 1.11 bits per heavy atom. The van der Waals surface area contributed by atoms with E-state index in [1.165, 1.54) is 39.3 Å². The van der Waals surface area contributed by atoms with Crippen molar-refractivity contribution in [3.8, 4) is 0 Å². The number of hydrogen-bond donors (Lipinski definition) is 1. The Labute approximate surface area is 153 Å². The number of aromatic nitrogens is 4. The van der Waals surface area contributed by atoms with Gasteiger partial charge in [0.05, 0.1) is 5.75 Å². The lowest BCUT2D eigenvalue weighted by Gasteiger charge is -2.06. The smallest absolute Gasteiger partial charge is 0.332 e. The van der Waals surface area contributed by atoms with Crippen LogP contribution in [0.2, 0.25) is 0 Å². The van der Waals surface area contributed by atoms with Gasteiger partial charge in [0.15, 0.2) is 11.2 Å². The van der Waals surface area contributed by atoms with Crippen LogP contribution in [0.25, 0.3) is 11.2 Å². The molecule has 0 saturated carbocycles. The topological polar surface area (TPSA) is 139 Å². The van der Waals surface area contributed by atoms with Crippen molar-refractivity contribution in [1.82, 2.24) is 18.7 Å². The molecule has 0 radical (unpaired) electrons. The molecule has 0 aliphatic heterocycles. The fraction of sp³-hybridized carbons (Fsp3) is 0.250. The molecule has 2 N–H and O–H groups in total. The van der Waals surface area contributed by atoms with Crippen LogP contribution in [0.3, 0.4) is 0 Å². The minimum Gasteiger partial charge on any atom is -0.366 e. The van der Waals surface area contributed by atoms with Crippen LogP contribution in [0.1, 0.15) is 15.9 Å². The Hall–Kier alpha value is -3.21. The fourth-order valence-corrected chi connectivity index (χ4v) is 4.36. The molecule has 2 heterocycles.